The molecule has 10 amide bonds. The zero-order valence-corrected chi connectivity index (χ0v) is 58.4. The van der Waals surface area contributed by atoms with E-state index in [1.165, 1.54) is 6.92 Å². The first kappa shape index (κ1) is 91.1. The van der Waals surface area contributed by atoms with Gasteiger partial charge in [-0.1, -0.05) is 0 Å². The van der Waals surface area contributed by atoms with Gasteiger partial charge in [-0.3, -0.25) is 92.9 Å². The van der Waals surface area contributed by atoms with Crippen LogP contribution in [-0.4, -0.2) is 226 Å². The molecule has 0 aromatic heterocycles. The van der Waals surface area contributed by atoms with Crippen LogP contribution in [-0.2, 0) is 47.9 Å². The maximum Gasteiger partial charge on any atom is 0.243 e. The third-order valence-corrected chi connectivity index (χ3v) is 14.3. The average molecular weight is 1460 g/mol. The number of amides is 10. The molecule has 0 rings (SSSR count). The number of carbonyl (C=O) groups excluding carboxylic acids is 10. The summed E-state index contributed by atoms with van der Waals surface area (Å²) < 4.78 is 0. The minimum atomic E-state index is -1.58. The summed E-state index contributed by atoms with van der Waals surface area (Å²) in [5.74, 6) is -11.3. The molecule has 0 saturated carbocycles. The van der Waals surface area contributed by atoms with E-state index in [4.69, 9.17) is 109 Å². The molecule has 103 heavy (non-hydrogen) atoms. The van der Waals surface area contributed by atoms with E-state index in [2.05, 4.69) is 92.8 Å². The SMILES string of the molecule is CC(=O)N[C@H](CCCN=C(N)N)C(=O)N[C@H](CCCN=C(N)N)C(=O)N[C@H](CCCN=C(N)N)C(=O)N[C@H](CCCN=C(N)N)C(=O)N[C@@H](CCCN=C(N)N)C(=O)N[C@H](CCCN=C(N)N)C(=O)N[C@H](CCCN=C(N)N)C(=O)N[C@H](CCCN=C(N)N)C(=O)N[C@H](CCCN=C(N)N)C(N)=O. The molecule has 0 aliphatic heterocycles. The Labute approximate surface area is 596 Å². The van der Waals surface area contributed by atoms with E-state index in [0.29, 0.717) is 0 Å². The van der Waals surface area contributed by atoms with Crippen molar-refractivity contribution < 1.29 is 47.9 Å². The third kappa shape index (κ3) is 46.2. The molecule has 0 aliphatic rings. The van der Waals surface area contributed by atoms with E-state index < -0.39 is 113 Å². The maximum atomic E-state index is 14.9. The van der Waals surface area contributed by atoms with Crippen LogP contribution in [0.2, 0.25) is 0 Å². The molecule has 0 saturated heterocycles. The van der Waals surface area contributed by atoms with Crippen LogP contribution >= 0.6 is 0 Å². The second kappa shape index (κ2) is 52.2. The standard InChI is InChI=1S/C56H113N37O10/c1-29(94)85-31(12-3-21-77-49(60)61)40(96)87-33(14-5-23-79-51(64)65)42(98)89-35(16-7-25-81-53(68)69)44(100)91-37(18-9-27-83-55(72)73)46(102)93-38(19-10-28-84-56(74)75)47(103)92-36(17-8-26-82-54(70)71)45(101)90-34(15-6-24-80-52(66)67)43(99)88-32(13-4-22-78-50(62)63)41(97)86-30(39(57)95)11-2-20-76-48(58)59/h30-38H,2-28H2,1H3,(H2,57,95)(H,85,94)(H,86,97)(H,87,96)(H,88,99)(H,89,98)(H,90,101)(H,91,100)(H,92,103)(H,93,102)(H4,58,59,76)(H4,60,61,77)(H4,62,63,78)(H4,64,65,79)(H4,66,67,80)(H4,68,69,81)(H4,70,71,82)(H4,72,73,83)(H4,74,75,84)/t30-,31-,32-,33-,34-,35-,36-,37-,38+/m1/s1. The third-order valence-electron chi connectivity index (χ3n) is 14.3. The molecular weight excluding hydrogens is 1350 g/mol. The normalized spacial score (nSPS) is 13.2. The molecule has 582 valence electrons. The molecule has 9 atom stereocenters. The number of hydrogen-bond donors (Lipinski definition) is 28. The number of guanidine groups is 9. The summed E-state index contributed by atoms with van der Waals surface area (Å²) in [6.07, 6.45) is -0.531. The lowest BCUT2D eigenvalue weighted by atomic mass is 10.0. The van der Waals surface area contributed by atoms with E-state index in [0.717, 1.165) is 0 Å². The van der Waals surface area contributed by atoms with Crippen molar-refractivity contribution in [2.75, 3.05) is 58.9 Å². The molecular formula is C56H113N37O10. The highest BCUT2D eigenvalue weighted by molar-refractivity contribution is 5.99. The molecule has 0 heterocycles. The zero-order chi connectivity index (χ0) is 78.0. The van der Waals surface area contributed by atoms with Crippen LogP contribution < -0.4 is 157 Å². The smallest absolute Gasteiger partial charge is 0.243 e. The van der Waals surface area contributed by atoms with E-state index in [-0.39, 0.29) is 228 Å². The Morgan fingerprint density at radius 2 is 0.320 bits per heavy atom. The Hall–Kier alpha value is -11.9. The van der Waals surface area contributed by atoms with Crippen LogP contribution in [0.5, 0.6) is 0 Å². The highest BCUT2D eigenvalue weighted by Crippen LogP contribution is 2.12. The van der Waals surface area contributed by atoms with Gasteiger partial charge in [-0.15, -0.1) is 0 Å². The molecule has 0 radical (unpaired) electrons. The number of hydrogen-bond acceptors (Lipinski definition) is 19. The lowest BCUT2D eigenvalue weighted by Crippen LogP contribution is -2.60. The quantitative estimate of drug-likeness (QED) is 0.0153. The van der Waals surface area contributed by atoms with Crippen molar-refractivity contribution in [3.8, 4) is 0 Å². The van der Waals surface area contributed by atoms with Crippen LogP contribution in [0.1, 0.15) is 122 Å². The number of nitrogens with one attached hydrogen (secondary N) is 9. The largest absolute Gasteiger partial charge is 0.370 e. The van der Waals surface area contributed by atoms with Crippen molar-refractivity contribution >= 4 is 113 Å². The van der Waals surface area contributed by atoms with Crippen molar-refractivity contribution in [1.82, 2.24) is 47.9 Å². The van der Waals surface area contributed by atoms with Gasteiger partial charge in [0, 0.05) is 65.8 Å². The van der Waals surface area contributed by atoms with Gasteiger partial charge in [-0.25, -0.2) is 0 Å². The number of carbonyl (C=O) groups is 10. The van der Waals surface area contributed by atoms with Crippen LogP contribution in [0.4, 0.5) is 0 Å². The zero-order valence-electron chi connectivity index (χ0n) is 58.4. The van der Waals surface area contributed by atoms with Crippen molar-refractivity contribution in [2.24, 2.45) is 154 Å². The first-order valence-electron chi connectivity index (χ1n) is 33.0. The summed E-state index contributed by atoms with van der Waals surface area (Å²) in [6, 6.07) is -13.0. The van der Waals surface area contributed by atoms with E-state index in [9.17, 15) is 47.9 Å². The average Bonchev–Trinajstić information content (AvgIpc) is 0.866. The van der Waals surface area contributed by atoms with Crippen LogP contribution in [0.25, 0.3) is 0 Å². The maximum absolute atomic E-state index is 14.9. The van der Waals surface area contributed by atoms with Gasteiger partial charge in [0.05, 0.1) is 0 Å². The molecule has 0 unspecified atom stereocenters. The number of aliphatic imine (C=N–C) groups is 9. The Morgan fingerprint density at radius 3 is 0.437 bits per heavy atom. The lowest BCUT2D eigenvalue weighted by Gasteiger charge is -2.28. The van der Waals surface area contributed by atoms with Gasteiger partial charge in [0.15, 0.2) is 53.6 Å². The summed E-state index contributed by atoms with van der Waals surface area (Å²) in [5.41, 5.74) is 105. The monoisotopic (exact) mass is 1460 g/mol. The molecule has 0 aliphatic carbocycles. The first-order chi connectivity index (χ1) is 48.5. The molecule has 0 bridgehead atoms. The summed E-state index contributed by atoms with van der Waals surface area (Å²) in [4.78, 5) is 176. The molecule has 0 fully saturated rings. The molecule has 47 heteroatoms. The van der Waals surface area contributed by atoms with Crippen LogP contribution in [0, 0.1) is 0 Å². The minimum Gasteiger partial charge on any atom is -0.370 e. The van der Waals surface area contributed by atoms with Crippen molar-refractivity contribution in [2.45, 2.75) is 177 Å². The summed E-state index contributed by atoms with van der Waals surface area (Å²) in [5, 5.41) is 23.6. The van der Waals surface area contributed by atoms with E-state index >= 15 is 0 Å². The topological polar surface area (TPSA) is 885 Å². The number of primary amides is 1. The molecule has 0 aromatic carbocycles. The second-order valence-electron chi connectivity index (χ2n) is 23.2. The van der Waals surface area contributed by atoms with Crippen LogP contribution in [0.3, 0.4) is 0 Å². The van der Waals surface area contributed by atoms with Crippen LogP contribution in [0.15, 0.2) is 44.9 Å². The summed E-state index contributed by atoms with van der Waals surface area (Å²) in [6.45, 7) is 1.03. The first-order valence-corrected chi connectivity index (χ1v) is 33.0. The second-order valence-corrected chi connectivity index (χ2v) is 23.2. The van der Waals surface area contributed by atoms with E-state index in [1.807, 2.05) is 0 Å². The van der Waals surface area contributed by atoms with Gasteiger partial charge in [-0.2, -0.15) is 0 Å². The highest BCUT2D eigenvalue weighted by atomic mass is 16.2. The molecule has 47 nitrogen and oxygen atoms in total. The molecule has 47 N–H and O–H groups in total. The van der Waals surface area contributed by atoms with Crippen molar-refractivity contribution in [3.05, 3.63) is 0 Å². The summed E-state index contributed by atoms with van der Waals surface area (Å²) in [7, 11) is 0. The lowest BCUT2D eigenvalue weighted by molar-refractivity contribution is -0.136. The van der Waals surface area contributed by atoms with Gasteiger partial charge in [0.25, 0.3) is 0 Å². The number of nitrogens with two attached hydrogens (primary N) is 19. The number of rotatable bonds is 54. The fourth-order valence-corrected chi connectivity index (χ4v) is 9.39. The van der Waals surface area contributed by atoms with Crippen molar-refractivity contribution in [3.63, 3.8) is 0 Å². The Balaban J connectivity index is 7.87. The summed E-state index contributed by atoms with van der Waals surface area (Å²) >= 11 is 0. The Morgan fingerprint density at radius 1 is 0.204 bits per heavy atom. The van der Waals surface area contributed by atoms with Gasteiger partial charge in [0.1, 0.15) is 54.4 Å². The van der Waals surface area contributed by atoms with E-state index in [1.54, 1.807) is 0 Å². The van der Waals surface area contributed by atoms with Gasteiger partial charge in [0.2, 0.25) is 59.1 Å². The predicted octanol–water partition coefficient (Wildman–Crippen LogP) is -13.7. The van der Waals surface area contributed by atoms with Gasteiger partial charge < -0.3 is 157 Å². The fraction of sp³-hybridized carbons (Fsp3) is 0.661. The fourth-order valence-electron chi connectivity index (χ4n) is 9.39. The Bertz CT molecular complexity index is 2970. The predicted molar refractivity (Wildman–Crippen MR) is 391 cm³/mol. The van der Waals surface area contributed by atoms with Gasteiger partial charge in [-0.05, 0) is 116 Å². The number of nitrogens with zero attached hydrogens (tertiary/aromatic N) is 9. The Kier molecular flexibility index (Phi) is 46.2. The van der Waals surface area contributed by atoms with Crippen molar-refractivity contribution in [1.29, 1.82) is 0 Å². The van der Waals surface area contributed by atoms with Gasteiger partial charge >= 0.3 is 0 Å². The molecule has 0 spiro atoms. The minimum absolute atomic E-state index is 0.000737. The molecule has 0 aromatic rings. The highest BCUT2D eigenvalue weighted by Gasteiger charge is 2.35.